The number of nitrogens with two attached hydrogens (primary N) is 1. The second kappa shape index (κ2) is 8.81. The first-order valence-electron chi connectivity index (χ1n) is 8.39. The minimum absolute atomic E-state index is 0.00865. The molecule has 3 aromatic rings. The number of carbonyl (C=O) groups is 1. The second-order valence-electron chi connectivity index (χ2n) is 6.04. The summed E-state index contributed by atoms with van der Waals surface area (Å²) in [6.07, 6.45) is 1.16. The Morgan fingerprint density at radius 2 is 1.86 bits per heavy atom. The van der Waals surface area contributed by atoms with Crippen molar-refractivity contribution < 1.29 is 13.2 Å². The Kier molecular flexibility index (Phi) is 6.41. The number of nitrogens with one attached hydrogen (secondary N) is 1. The van der Waals surface area contributed by atoms with E-state index in [1.165, 1.54) is 12.1 Å². The van der Waals surface area contributed by atoms with Crippen LogP contribution in [0.3, 0.4) is 0 Å². The van der Waals surface area contributed by atoms with Gasteiger partial charge in [-0.05, 0) is 31.2 Å². The molecular weight excluding hydrogens is 432 g/mol. The molecule has 0 bridgehead atoms. The summed E-state index contributed by atoms with van der Waals surface area (Å²) >= 11 is 7.04. The zero-order valence-electron chi connectivity index (χ0n) is 15.3. The van der Waals surface area contributed by atoms with Crippen molar-refractivity contribution in [2.75, 3.05) is 16.8 Å². The quantitative estimate of drug-likeness (QED) is 0.437. The predicted molar refractivity (Wildman–Crippen MR) is 114 cm³/mol. The Morgan fingerprint density at radius 3 is 2.52 bits per heavy atom. The lowest BCUT2D eigenvalue weighted by molar-refractivity contribution is -0.113. The van der Waals surface area contributed by atoms with E-state index in [1.54, 1.807) is 36.4 Å². The highest BCUT2D eigenvalue weighted by atomic mass is 35.5. The van der Waals surface area contributed by atoms with Gasteiger partial charge in [0.15, 0.2) is 5.16 Å². The first-order chi connectivity index (χ1) is 13.8. The number of thioether (sulfide) groups is 1. The van der Waals surface area contributed by atoms with Gasteiger partial charge in [0.05, 0.1) is 27.6 Å². The third-order valence-electron chi connectivity index (χ3n) is 3.86. The van der Waals surface area contributed by atoms with Crippen molar-refractivity contribution in [3.8, 4) is 0 Å². The average molecular weight is 449 g/mol. The molecule has 1 aromatic heterocycles. The summed E-state index contributed by atoms with van der Waals surface area (Å²) < 4.78 is 25.5. The largest absolute Gasteiger partial charge is 0.382 e. The molecule has 0 saturated heterocycles. The summed E-state index contributed by atoms with van der Waals surface area (Å²) in [7, 11) is -3.83. The molecule has 3 N–H and O–H groups in total. The number of nitrogens with zero attached hydrogens (tertiary/aromatic N) is 2. The molecule has 0 aliphatic rings. The summed E-state index contributed by atoms with van der Waals surface area (Å²) in [5.74, 6) is -0.467. The van der Waals surface area contributed by atoms with Gasteiger partial charge >= 0.3 is 0 Å². The summed E-state index contributed by atoms with van der Waals surface area (Å²) in [6.45, 7) is 1.86. The van der Waals surface area contributed by atoms with Crippen LogP contribution in [0, 0.1) is 6.92 Å². The molecule has 0 fully saturated rings. The highest BCUT2D eigenvalue weighted by Gasteiger charge is 2.22. The van der Waals surface area contributed by atoms with Gasteiger partial charge < -0.3 is 11.1 Å². The van der Waals surface area contributed by atoms with Gasteiger partial charge in [-0.3, -0.25) is 4.79 Å². The standard InChI is InChI=1S/C19H17ClN4O3S2/c1-12-6-8-13(9-7-12)29(26,27)16-10-22-19(24-18(16)21)28-11-17(25)23-15-5-3-2-4-14(15)20/h2-10H,11H2,1H3,(H,23,25)(H2,21,22,24). The first kappa shape index (κ1) is 21.1. The normalized spacial score (nSPS) is 11.2. The van der Waals surface area contributed by atoms with Crippen molar-refractivity contribution in [2.45, 2.75) is 21.9 Å². The van der Waals surface area contributed by atoms with Crippen LogP contribution in [0.4, 0.5) is 11.5 Å². The number of hydrogen-bond donors (Lipinski definition) is 2. The van der Waals surface area contributed by atoms with Crippen molar-refractivity contribution in [3.05, 3.63) is 65.3 Å². The van der Waals surface area contributed by atoms with Crippen molar-refractivity contribution >= 4 is 50.6 Å². The maximum atomic E-state index is 12.7. The number of rotatable bonds is 6. The molecule has 1 amide bonds. The lowest BCUT2D eigenvalue weighted by Crippen LogP contribution is -2.15. The van der Waals surface area contributed by atoms with Crippen LogP contribution in [0.25, 0.3) is 0 Å². The maximum absolute atomic E-state index is 12.7. The minimum Gasteiger partial charge on any atom is -0.382 e. The summed E-state index contributed by atoms with van der Waals surface area (Å²) in [5.41, 5.74) is 7.30. The van der Waals surface area contributed by atoms with Crippen LogP contribution >= 0.6 is 23.4 Å². The molecule has 2 aromatic carbocycles. The van der Waals surface area contributed by atoms with Gasteiger partial charge in [-0.25, -0.2) is 18.4 Å². The van der Waals surface area contributed by atoms with Crippen LogP contribution in [-0.4, -0.2) is 30.0 Å². The number of sulfone groups is 1. The molecule has 1 heterocycles. The average Bonchev–Trinajstić information content (AvgIpc) is 2.68. The molecule has 0 aliphatic heterocycles. The first-order valence-corrected chi connectivity index (χ1v) is 11.2. The fourth-order valence-electron chi connectivity index (χ4n) is 2.37. The van der Waals surface area contributed by atoms with E-state index in [1.807, 2.05) is 6.92 Å². The minimum atomic E-state index is -3.83. The van der Waals surface area contributed by atoms with Crippen molar-refractivity contribution in [2.24, 2.45) is 0 Å². The van der Waals surface area contributed by atoms with Gasteiger partial charge in [-0.1, -0.05) is 53.2 Å². The number of para-hydroxylation sites is 1. The molecule has 0 atom stereocenters. The maximum Gasteiger partial charge on any atom is 0.234 e. The van der Waals surface area contributed by atoms with E-state index in [0.717, 1.165) is 23.5 Å². The van der Waals surface area contributed by atoms with Crippen LogP contribution in [-0.2, 0) is 14.6 Å². The van der Waals surface area contributed by atoms with E-state index >= 15 is 0 Å². The van der Waals surface area contributed by atoms with E-state index in [-0.39, 0.29) is 32.4 Å². The number of benzene rings is 2. The Labute approximate surface area is 177 Å². The van der Waals surface area contributed by atoms with E-state index in [0.29, 0.717) is 10.7 Å². The van der Waals surface area contributed by atoms with Crippen LogP contribution in [0.2, 0.25) is 5.02 Å². The monoisotopic (exact) mass is 448 g/mol. The van der Waals surface area contributed by atoms with Crippen molar-refractivity contribution in [1.29, 1.82) is 0 Å². The molecule has 7 nitrogen and oxygen atoms in total. The van der Waals surface area contributed by atoms with Gasteiger partial charge in [-0.15, -0.1) is 0 Å². The van der Waals surface area contributed by atoms with Crippen LogP contribution in [0.5, 0.6) is 0 Å². The van der Waals surface area contributed by atoms with E-state index in [9.17, 15) is 13.2 Å². The third kappa shape index (κ3) is 5.06. The molecule has 0 radical (unpaired) electrons. The molecule has 150 valence electrons. The molecule has 3 rings (SSSR count). The summed E-state index contributed by atoms with van der Waals surface area (Å²) in [5, 5.41) is 3.30. The van der Waals surface area contributed by atoms with Gasteiger partial charge in [0.2, 0.25) is 15.7 Å². The van der Waals surface area contributed by atoms with Crippen LogP contribution in [0.1, 0.15) is 5.56 Å². The predicted octanol–water partition coefficient (Wildman–Crippen LogP) is 3.58. The van der Waals surface area contributed by atoms with Crippen molar-refractivity contribution in [3.63, 3.8) is 0 Å². The summed E-state index contributed by atoms with van der Waals surface area (Å²) in [6, 6.07) is 13.3. The topological polar surface area (TPSA) is 115 Å². The fourth-order valence-corrected chi connectivity index (χ4v) is 4.43. The summed E-state index contributed by atoms with van der Waals surface area (Å²) in [4.78, 5) is 20.1. The Balaban J connectivity index is 1.70. The number of anilines is 2. The van der Waals surface area contributed by atoms with Gasteiger partial charge in [0.1, 0.15) is 10.7 Å². The number of carbonyl (C=O) groups excluding carboxylic acids is 1. The molecule has 0 unspecified atom stereocenters. The molecule has 29 heavy (non-hydrogen) atoms. The Bertz CT molecular complexity index is 1150. The lowest BCUT2D eigenvalue weighted by atomic mass is 10.2. The second-order valence-corrected chi connectivity index (χ2v) is 9.30. The number of aromatic nitrogens is 2. The molecule has 10 heteroatoms. The van der Waals surface area contributed by atoms with E-state index in [4.69, 9.17) is 17.3 Å². The zero-order valence-corrected chi connectivity index (χ0v) is 17.7. The van der Waals surface area contributed by atoms with Gasteiger partial charge in [0.25, 0.3) is 0 Å². The zero-order chi connectivity index (χ0) is 21.0. The fraction of sp³-hybridized carbons (Fsp3) is 0.105. The highest BCUT2D eigenvalue weighted by molar-refractivity contribution is 7.99. The van der Waals surface area contributed by atoms with E-state index in [2.05, 4.69) is 15.3 Å². The third-order valence-corrected chi connectivity index (χ3v) is 6.84. The molecule has 0 aliphatic carbocycles. The van der Waals surface area contributed by atoms with Gasteiger partial charge in [-0.2, -0.15) is 0 Å². The molecular formula is C19H17ClN4O3S2. The highest BCUT2D eigenvalue weighted by Crippen LogP contribution is 2.26. The van der Waals surface area contributed by atoms with Crippen LogP contribution < -0.4 is 11.1 Å². The smallest absolute Gasteiger partial charge is 0.234 e. The Hall–Kier alpha value is -2.62. The van der Waals surface area contributed by atoms with E-state index < -0.39 is 9.84 Å². The number of halogens is 1. The molecule has 0 spiro atoms. The number of hydrogen-bond acceptors (Lipinski definition) is 7. The number of aryl methyl sites for hydroxylation is 1. The Morgan fingerprint density at radius 1 is 1.17 bits per heavy atom. The lowest BCUT2D eigenvalue weighted by Gasteiger charge is -2.09. The van der Waals surface area contributed by atoms with Crippen LogP contribution in [0.15, 0.2) is 69.7 Å². The van der Waals surface area contributed by atoms with Gasteiger partial charge in [0, 0.05) is 0 Å². The number of amides is 1. The SMILES string of the molecule is Cc1ccc(S(=O)(=O)c2cnc(SCC(=O)Nc3ccccc3Cl)nc2N)cc1. The molecule has 0 saturated carbocycles. The number of nitrogen functional groups attached to an aromatic ring is 1. The van der Waals surface area contributed by atoms with Crippen molar-refractivity contribution in [1.82, 2.24) is 9.97 Å².